The lowest BCUT2D eigenvalue weighted by Crippen LogP contribution is -2.59. The van der Waals surface area contributed by atoms with Gasteiger partial charge in [-0.25, -0.2) is 14.6 Å². The van der Waals surface area contributed by atoms with Crippen LogP contribution in [0, 0.1) is 0 Å². The van der Waals surface area contributed by atoms with Gasteiger partial charge in [0.15, 0.2) is 6.04 Å². The molecule has 1 aromatic carbocycles. The van der Waals surface area contributed by atoms with Gasteiger partial charge >= 0.3 is 12.1 Å². The maximum absolute atomic E-state index is 13.6. The maximum atomic E-state index is 13.6. The first-order valence-corrected chi connectivity index (χ1v) is 8.40. The fourth-order valence-electron chi connectivity index (χ4n) is 2.11. The molecule has 0 saturated carbocycles. The zero-order valence-corrected chi connectivity index (χ0v) is 13.6. The molecule has 25 heavy (non-hydrogen) atoms. The second kappa shape index (κ2) is 7.63. The molecule has 1 amide bonds. The van der Waals surface area contributed by atoms with Crippen LogP contribution in [0.25, 0.3) is 0 Å². The van der Waals surface area contributed by atoms with Crippen molar-refractivity contribution >= 4 is 19.8 Å². The molecule has 12 heteroatoms. The van der Waals surface area contributed by atoms with Crippen LogP contribution in [0.4, 0.5) is 13.2 Å². The SMILES string of the molecule is CO[C@@](C(=O)N[C@@H](C[P+]([O-])(O)O)C(=O)O)(c1ccccc1)C(F)(F)F. The summed E-state index contributed by atoms with van der Waals surface area (Å²) >= 11 is 0. The number of carbonyl (C=O) groups is 2. The zero-order chi connectivity index (χ0) is 19.5. The van der Waals surface area contributed by atoms with Crippen LogP contribution in [0.1, 0.15) is 5.56 Å². The predicted molar refractivity (Wildman–Crippen MR) is 77.0 cm³/mol. The van der Waals surface area contributed by atoms with Crippen LogP contribution in [-0.4, -0.2) is 52.3 Å². The van der Waals surface area contributed by atoms with E-state index in [9.17, 15) is 27.7 Å². The summed E-state index contributed by atoms with van der Waals surface area (Å²) in [6, 6.07) is 3.49. The van der Waals surface area contributed by atoms with Gasteiger partial charge in [0.25, 0.3) is 11.5 Å². The van der Waals surface area contributed by atoms with Crippen LogP contribution < -0.4 is 10.2 Å². The van der Waals surface area contributed by atoms with Crippen LogP contribution in [0.5, 0.6) is 0 Å². The molecule has 140 valence electrons. The van der Waals surface area contributed by atoms with E-state index < -0.39 is 49.4 Å². The van der Waals surface area contributed by atoms with Crippen molar-refractivity contribution in [2.45, 2.75) is 17.8 Å². The minimum absolute atomic E-state index is 0.610. The van der Waals surface area contributed by atoms with E-state index in [4.69, 9.17) is 14.9 Å². The molecule has 1 aromatic rings. The third-order valence-corrected chi connectivity index (χ3v) is 4.07. The van der Waals surface area contributed by atoms with Crippen molar-refractivity contribution in [1.82, 2.24) is 5.32 Å². The Bertz CT molecular complexity index is 620. The van der Waals surface area contributed by atoms with Crippen molar-refractivity contribution in [3.63, 3.8) is 0 Å². The van der Waals surface area contributed by atoms with Gasteiger partial charge in [-0.3, -0.25) is 4.79 Å². The van der Waals surface area contributed by atoms with Crippen LogP contribution >= 0.6 is 7.94 Å². The van der Waals surface area contributed by atoms with Gasteiger partial charge < -0.3 is 20.1 Å². The lowest BCUT2D eigenvalue weighted by atomic mass is 9.91. The fourth-order valence-corrected chi connectivity index (χ4v) is 2.83. The Morgan fingerprint density at radius 2 is 1.80 bits per heavy atom. The Hall–Kier alpha value is -1.78. The number of hydrogen-bond acceptors (Lipinski definition) is 6. The third-order valence-electron chi connectivity index (χ3n) is 3.23. The molecule has 4 N–H and O–H groups in total. The highest BCUT2D eigenvalue weighted by Gasteiger charge is 2.63. The molecule has 2 atom stereocenters. The van der Waals surface area contributed by atoms with Crippen molar-refractivity contribution in [2.75, 3.05) is 13.3 Å². The number of carboxylic acid groups (broad SMARTS) is 1. The molecule has 0 heterocycles. The molecule has 0 aliphatic heterocycles. The molecule has 8 nitrogen and oxygen atoms in total. The van der Waals surface area contributed by atoms with E-state index in [1.165, 1.54) is 23.5 Å². The minimum atomic E-state index is -5.28. The van der Waals surface area contributed by atoms with E-state index in [1.807, 2.05) is 0 Å². The van der Waals surface area contributed by atoms with Gasteiger partial charge in [-0.1, -0.05) is 30.3 Å². The Morgan fingerprint density at radius 3 is 2.16 bits per heavy atom. The number of benzene rings is 1. The van der Waals surface area contributed by atoms with Gasteiger partial charge in [-0.15, -0.1) is 0 Å². The number of carboxylic acids is 1. The van der Waals surface area contributed by atoms with Crippen molar-refractivity contribution < 1.29 is 47.3 Å². The molecule has 0 aliphatic rings. The highest BCUT2D eigenvalue weighted by molar-refractivity contribution is 7.57. The number of ether oxygens (including phenoxy) is 1. The summed E-state index contributed by atoms with van der Waals surface area (Å²) < 4.78 is 45.3. The number of rotatable bonds is 7. The highest BCUT2D eigenvalue weighted by Crippen LogP contribution is 2.43. The van der Waals surface area contributed by atoms with Gasteiger partial charge in [-0.05, 0) is 0 Å². The topological polar surface area (TPSA) is 139 Å². The zero-order valence-electron chi connectivity index (χ0n) is 12.7. The molecule has 0 radical (unpaired) electrons. The number of amides is 1. The van der Waals surface area contributed by atoms with E-state index >= 15 is 0 Å². The highest BCUT2D eigenvalue weighted by atomic mass is 31.2. The summed E-state index contributed by atoms with van der Waals surface area (Å²) in [5.74, 6) is -3.81. The number of hydrogen-bond donors (Lipinski definition) is 4. The van der Waals surface area contributed by atoms with Crippen molar-refractivity contribution in [1.29, 1.82) is 0 Å². The number of halogens is 3. The van der Waals surface area contributed by atoms with Crippen LogP contribution in [0.15, 0.2) is 30.3 Å². The van der Waals surface area contributed by atoms with E-state index in [-0.39, 0.29) is 0 Å². The number of carbonyl (C=O) groups excluding carboxylic acids is 1. The van der Waals surface area contributed by atoms with Crippen molar-refractivity contribution in [3.8, 4) is 0 Å². The number of aliphatic carboxylic acids is 1. The van der Waals surface area contributed by atoms with Gasteiger partial charge in [0.05, 0.1) is 0 Å². The monoisotopic (exact) mass is 385 g/mol. The smallest absolute Gasteiger partial charge is 0.430 e. The second-order valence-corrected chi connectivity index (χ2v) is 6.66. The van der Waals surface area contributed by atoms with Gasteiger partial charge in [0, 0.05) is 12.7 Å². The Balaban J connectivity index is 3.32. The average Bonchev–Trinajstić information content (AvgIpc) is 2.46. The van der Waals surface area contributed by atoms with Gasteiger partial charge in [0.2, 0.25) is 7.94 Å². The standard InChI is InChI=1S/C13H15F3NO7P/c1-24-12(13(14,15)16,8-5-3-2-4-6-8)11(20)17-9(10(18)19)7-25(21,22)23/h2-6,9H,7H2,1H3,(H,17,20)(H,18,19)(H2,21,22,23)/t9-,12+/m0/s1. The van der Waals surface area contributed by atoms with Crippen molar-refractivity contribution in [3.05, 3.63) is 35.9 Å². The second-order valence-electron chi connectivity index (χ2n) is 4.96. The summed E-state index contributed by atoms with van der Waals surface area (Å²) in [6.07, 6.45) is -6.65. The minimum Gasteiger partial charge on any atom is -0.632 e. The van der Waals surface area contributed by atoms with Crippen molar-refractivity contribution in [2.24, 2.45) is 0 Å². The molecule has 0 fully saturated rings. The van der Waals surface area contributed by atoms with E-state index in [0.29, 0.717) is 7.11 Å². The summed E-state index contributed by atoms with van der Waals surface area (Å²) in [5, 5.41) is 10.4. The summed E-state index contributed by atoms with van der Waals surface area (Å²) in [4.78, 5) is 51.9. The Morgan fingerprint density at radius 1 is 1.28 bits per heavy atom. The lowest BCUT2D eigenvalue weighted by molar-refractivity contribution is -0.266. The van der Waals surface area contributed by atoms with Gasteiger partial charge in [-0.2, -0.15) is 13.2 Å². The first-order chi connectivity index (χ1) is 11.3. The molecule has 0 unspecified atom stereocenters. The molecular weight excluding hydrogens is 370 g/mol. The maximum Gasteiger partial charge on any atom is 0.430 e. The third kappa shape index (κ3) is 4.86. The average molecular weight is 385 g/mol. The first-order valence-electron chi connectivity index (χ1n) is 6.61. The lowest BCUT2D eigenvalue weighted by Gasteiger charge is -2.34. The predicted octanol–water partition coefficient (Wildman–Crippen LogP) is -0.232. The summed E-state index contributed by atoms with van der Waals surface area (Å²) in [6.45, 7) is 0. The molecular formula is C13H15F3NO7P. The van der Waals surface area contributed by atoms with Crippen LogP contribution in [-0.2, 0) is 19.9 Å². The largest absolute Gasteiger partial charge is 0.632 e. The number of methoxy groups -OCH3 is 1. The Labute approximate surface area is 140 Å². The molecule has 0 spiro atoms. The molecule has 0 saturated heterocycles. The summed E-state index contributed by atoms with van der Waals surface area (Å²) in [5.41, 5.74) is -4.17. The Kier molecular flexibility index (Phi) is 6.49. The van der Waals surface area contributed by atoms with E-state index in [1.54, 1.807) is 0 Å². The van der Waals surface area contributed by atoms with E-state index in [0.717, 1.165) is 12.1 Å². The summed E-state index contributed by atoms with van der Waals surface area (Å²) in [7, 11) is -4.31. The first kappa shape index (κ1) is 21.3. The quantitative estimate of drug-likeness (QED) is 0.476. The molecule has 0 aromatic heterocycles. The van der Waals surface area contributed by atoms with Gasteiger partial charge in [0.1, 0.15) is 6.16 Å². The van der Waals surface area contributed by atoms with Crippen LogP contribution in [0.3, 0.4) is 0 Å². The number of alkyl halides is 3. The number of nitrogens with one attached hydrogen (secondary N) is 1. The van der Waals surface area contributed by atoms with Crippen LogP contribution in [0.2, 0.25) is 0 Å². The normalized spacial score (nSPS) is 16.0. The molecule has 1 rings (SSSR count). The molecule has 0 bridgehead atoms. The van der Waals surface area contributed by atoms with E-state index in [2.05, 4.69) is 4.74 Å². The molecule has 0 aliphatic carbocycles. The fraction of sp³-hybridized carbons (Fsp3) is 0.385.